The molecular formula is C18H14N4O5S. The summed E-state index contributed by atoms with van der Waals surface area (Å²) in [6.07, 6.45) is 0. The van der Waals surface area contributed by atoms with Crippen molar-refractivity contribution in [2.45, 2.75) is 19.0 Å². The second-order valence-electron chi connectivity index (χ2n) is 6.41. The molecule has 1 atom stereocenters. The Hall–Kier alpha value is -3.53. The summed E-state index contributed by atoms with van der Waals surface area (Å²) < 4.78 is 5.28. The number of non-ortho nitro benzene ring substituents is 1. The number of nitro benzene ring substituents is 1. The van der Waals surface area contributed by atoms with Crippen molar-refractivity contribution >= 4 is 29.0 Å². The number of rotatable bonds is 5. The van der Waals surface area contributed by atoms with Crippen LogP contribution >= 0.6 is 11.3 Å². The molecule has 28 heavy (non-hydrogen) atoms. The summed E-state index contributed by atoms with van der Waals surface area (Å²) in [7, 11) is 0. The predicted octanol–water partition coefficient (Wildman–Crippen LogP) is 3.28. The van der Waals surface area contributed by atoms with Crippen LogP contribution in [0.2, 0.25) is 0 Å². The molecule has 2 aromatic heterocycles. The molecule has 0 saturated carbocycles. The Morgan fingerprint density at radius 1 is 1.29 bits per heavy atom. The summed E-state index contributed by atoms with van der Waals surface area (Å²) in [4.78, 5) is 37.8. The minimum Gasteiger partial charge on any atom is -0.355 e. The number of nitrogens with zero attached hydrogens (tertiary/aromatic N) is 3. The average Bonchev–Trinajstić information content (AvgIpc) is 3.40. The molecule has 0 radical (unpaired) electrons. The maximum atomic E-state index is 13.0. The summed E-state index contributed by atoms with van der Waals surface area (Å²) in [6, 6.07) is 10.5. The lowest BCUT2D eigenvalue weighted by Gasteiger charge is -2.21. The molecule has 3 aromatic rings. The van der Waals surface area contributed by atoms with Gasteiger partial charge in [0.25, 0.3) is 11.6 Å². The highest BCUT2D eigenvalue weighted by molar-refractivity contribution is 7.13. The first-order valence-corrected chi connectivity index (χ1v) is 9.15. The van der Waals surface area contributed by atoms with E-state index < -0.39 is 22.4 Å². The standard InChI is InChI=1S/C18H14N4O5S/c1-18(11-4-2-5-13(8-11)22(25)26)16(23)21(17(24)19-18)10-12-9-14(27-20-12)15-6-3-7-28-15/h2-9H,10H2,1H3,(H,19,24). The van der Waals surface area contributed by atoms with E-state index in [-0.39, 0.29) is 12.2 Å². The molecule has 1 saturated heterocycles. The SMILES string of the molecule is CC1(c2cccc([N+](=O)[O-])c2)NC(=O)N(Cc2cc(-c3cccs3)on2)C1=O. The Kier molecular flexibility index (Phi) is 4.19. The molecule has 1 aliphatic heterocycles. The van der Waals surface area contributed by atoms with E-state index in [1.165, 1.54) is 36.5 Å². The van der Waals surface area contributed by atoms with Gasteiger partial charge in [-0.2, -0.15) is 0 Å². The largest absolute Gasteiger partial charge is 0.355 e. The summed E-state index contributed by atoms with van der Waals surface area (Å²) >= 11 is 1.49. The van der Waals surface area contributed by atoms with Crippen molar-refractivity contribution in [3.63, 3.8) is 0 Å². The fraction of sp³-hybridized carbons (Fsp3) is 0.167. The number of nitrogens with one attached hydrogen (secondary N) is 1. The predicted molar refractivity (Wildman–Crippen MR) is 99.3 cm³/mol. The van der Waals surface area contributed by atoms with E-state index >= 15 is 0 Å². The first-order chi connectivity index (χ1) is 13.4. The van der Waals surface area contributed by atoms with E-state index in [1.807, 2.05) is 17.5 Å². The number of carbonyl (C=O) groups excluding carboxylic acids is 2. The molecule has 1 aliphatic rings. The van der Waals surface area contributed by atoms with Crippen molar-refractivity contribution < 1.29 is 19.0 Å². The second kappa shape index (κ2) is 6.57. The fourth-order valence-corrected chi connectivity index (χ4v) is 3.72. The first kappa shape index (κ1) is 17.9. The van der Waals surface area contributed by atoms with E-state index in [9.17, 15) is 19.7 Å². The number of urea groups is 1. The van der Waals surface area contributed by atoms with E-state index in [4.69, 9.17) is 4.52 Å². The van der Waals surface area contributed by atoms with Gasteiger partial charge in [0.05, 0.1) is 16.3 Å². The van der Waals surface area contributed by atoms with Crippen LogP contribution in [0, 0.1) is 10.1 Å². The van der Waals surface area contributed by atoms with Crippen LogP contribution in [0.5, 0.6) is 0 Å². The number of aromatic nitrogens is 1. The monoisotopic (exact) mass is 398 g/mol. The molecule has 1 fully saturated rings. The van der Waals surface area contributed by atoms with Gasteiger partial charge >= 0.3 is 6.03 Å². The van der Waals surface area contributed by atoms with Crippen LogP contribution in [-0.4, -0.2) is 26.9 Å². The highest BCUT2D eigenvalue weighted by Gasteiger charge is 2.49. The maximum Gasteiger partial charge on any atom is 0.325 e. The zero-order valence-electron chi connectivity index (χ0n) is 14.6. The van der Waals surface area contributed by atoms with E-state index in [0.29, 0.717) is 17.0 Å². The van der Waals surface area contributed by atoms with E-state index in [2.05, 4.69) is 10.5 Å². The van der Waals surface area contributed by atoms with Gasteiger partial charge < -0.3 is 9.84 Å². The summed E-state index contributed by atoms with van der Waals surface area (Å²) in [5, 5.41) is 19.5. The molecule has 3 heterocycles. The second-order valence-corrected chi connectivity index (χ2v) is 7.36. The van der Waals surface area contributed by atoms with Crippen LogP contribution in [0.15, 0.2) is 52.4 Å². The number of amides is 3. The zero-order chi connectivity index (χ0) is 19.9. The molecule has 1 aromatic carbocycles. The highest BCUT2D eigenvalue weighted by atomic mass is 32.1. The molecule has 3 amide bonds. The molecule has 1 unspecified atom stereocenters. The van der Waals surface area contributed by atoms with Gasteiger partial charge in [-0.05, 0) is 23.9 Å². The molecule has 0 spiro atoms. The molecule has 10 heteroatoms. The lowest BCUT2D eigenvalue weighted by Crippen LogP contribution is -2.40. The van der Waals surface area contributed by atoms with Gasteiger partial charge in [0.15, 0.2) is 5.76 Å². The van der Waals surface area contributed by atoms with Gasteiger partial charge in [-0.1, -0.05) is 23.4 Å². The van der Waals surface area contributed by atoms with E-state index in [0.717, 1.165) is 9.78 Å². The third-order valence-electron chi connectivity index (χ3n) is 4.55. The Morgan fingerprint density at radius 3 is 2.82 bits per heavy atom. The van der Waals surface area contributed by atoms with Gasteiger partial charge in [0.2, 0.25) is 0 Å². The van der Waals surface area contributed by atoms with Crippen molar-refractivity contribution in [3.05, 3.63) is 69.2 Å². The molecule has 142 valence electrons. The number of thiophene rings is 1. The normalized spacial score (nSPS) is 19.1. The van der Waals surface area contributed by atoms with Crippen LogP contribution in [0.25, 0.3) is 10.6 Å². The number of imide groups is 1. The van der Waals surface area contributed by atoms with Crippen LogP contribution in [0.4, 0.5) is 10.5 Å². The Labute approximate surface area is 162 Å². The minimum atomic E-state index is -1.40. The number of benzene rings is 1. The van der Waals surface area contributed by atoms with Gasteiger partial charge in [0.1, 0.15) is 11.2 Å². The van der Waals surface area contributed by atoms with E-state index in [1.54, 1.807) is 12.1 Å². The average molecular weight is 398 g/mol. The van der Waals surface area contributed by atoms with Crippen LogP contribution in [0.1, 0.15) is 18.2 Å². The molecule has 0 bridgehead atoms. The quantitative estimate of drug-likeness (QED) is 0.400. The van der Waals surface area contributed by atoms with Crippen molar-refractivity contribution in [2.24, 2.45) is 0 Å². The third-order valence-corrected chi connectivity index (χ3v) is 5.44. The lowest BCUT2D eigenvalue weighted by molar-refractivity contribution is -0.385. The van der Waals surface area contributed by atoms with Gasteiger partial charge in [-0.3, -0.25) is 19.8 Å². The number of nitro groups is 1. The van der Waals surface area contributed by atoms with Crippen LogP contribution in [0.3, 0.4) is 0 Å². The summed E-state index contributed by atoms with van der Waals surface area (Å²) in [6.45, 7) is 1.45. The summed E-state index contributed by atoms with van der Waals surface area (Å²) in [5.41, 5.74) is -0.794. The van der Waals surface area contributed by atoms with Crippen molar-refractivity contribution in [2.75, 3.05) is 0 Å². The molecule has 9 nitrogen and oxygen atoms in total. The zero-order valence-corrected chi connectivity index (χ0v) is 15.4. The Balaban J connectivity index is 1.59. The molecule has 0 aliphatic carbocycles. The molecule has 1 N–H and O–H groups in total. The maximum absolute atomic E-state index is 13.0. The Bertz CT molecular complexity index is 1080. The van der Waals surface area contributed by atoms with Gasteiger partial charge in [0, 0.05) is 18.2 Å². The highest BCUT2D eigenvalue weighted by Crippen LogP contribution is 2.32. The number of hydrogen-bond acceptors (Lipinski definition) is 7. The van der Waals surface area contributed by atoms with Gasteiger partial charge in [-0.25, -0.2) is 4.79 Å². The third kappa shape index (κ3) is 2.93. The molecule has 4 rings (SSSR count). The number of carbonyl (C=O) groups is 2. The Morgan fingerprint density at radius 2 is 2.11 bits per heavy atom. The summed E-state index contributed by atoms with van der Waals surface area (Å²) in [5.74, 6) is 0.0390. The van der Waals surface area contributed by atoms with Gasteiger partial charge in [-0.15, -0.1) is 11.3 Å². The fourth-order valence-electron chi connectivity index (χ4n) is 3.05. The first-order valence-electron chi connectivity index (χ1n) is 8.27. The van der Waals surface area contributed by atoms with Crippen LogP contribution < -0.4 is 5.32 Å². The van der Waals surface area contributed by atoms with Crippen LogP contribution in [-0.2, 0) is 16.9 Å². The van der Waals surface area contributed by atoms with Crippen molar-refractivity contribution in [1.29, 1.82) is 0 Å². The van der Waals surface area contributed by atoms with Crippen molar-refractivity contribution in [1.82, 2.24) is 15.4 Å². The minimum absolute atomic E-state index is 0.0654. The molecular weight excluding hydrogens is 384 g/mol. The van der Waals surface area contributed by atoms with Crippen molar-refractivity contribution in [3.8, 4) is 10.6 Å². The topological polar surface area (TPSA) is 119 Å². The number of hydrogen-bond donors (Lipinski definition) is 1. The lowest BCUT2D eigenvalue weighted by atomic mass is 9.91. The smallest absolute Gasteiger partial charge is 0.325 e.